The highest BCUT2D eigenvalue weighted by molar-refractivity contribution is 7.09. The van der Waals surface area contributed by atoms with Crippen molar-refractivity contribution in [3.05, 3.63) is 51.2 Å². The van der Waals surface area contributed by atoms with E-state index in [4.69, 9.17) is 17.3 Å². The summed E-state index contributed by atoms with van der Waals surface area (Å²) in [7, 11) is 0. The van der Waals surface area contributed by atoms with Crippen molar-refractivity contribution in [1.82, 2.24) is 0 Å². The predicted octanol–water partition coefficient (Wildman–Crippen LogP) is 4.32. The van der Waals surface area contributed by atoms with Crippen molar-refractivity contribution in [3.8, 4) is 0 Å². The van der Waals surface area contributed by atoms with E-state index in [9.17, 15) is 0 Å². The molecule has 0 radical (unpaired) electrons. The molecule has 2 N–H and O–H groups in total. The molecule has 0 aliphatic carbocycles. The van der Waals surface area contributed by atoms with Gasteiger partial charge in [-0.15, -0.1) is 11.3 Å². The van der Waals surface area contributed by atoms with E-state index >= 15 is 0 Å². The van der Waals surface area contributed by atoms with Crippen LogP contribution in [0.2, 0.25) is 5.02 Å². The van der Waals surface area contributed by atoms with Gasteiger partial charge in [-0.3, -0.25) is 0 Å². The van der Waals surface area contributed by atoms with Crippen molar-refractivity contribution >= 4 is 28.6 Å². The van der Waals surface area contributed by atoms with Crippen LogP contribution in [0.3, 0.4) is 0 Å². The van der Waals surface area contributed by atoms with Crippen LogP contribution in [0.5, 0.6) is 0 Å². The lowest BCUT2D eigenvalue weighted by Crippen LogP contribution is -2.25. The summed E-state index contributed by atoms with van der Waals surface area (Å²) in [5.41, 5.74) is 8.43. The highest BCUT2D eigenvalue weighted by Gasteiger charge is 2.12. The molecule has 0 bridgehead atoms. The van der Waals surface area contributed by atoms with Gasteiger partial charge in [0.25, 0.3) is 0 Å². The lowest BCUT2D eigenvalue weighted by molar-refractivity contribution is 0.730. The molecule has 0 amide bonds. The minimum absolute atomic E-state index is 0.132. The van der Waals surface area contributed by atoms with Crippen molar-refractivity contribution in [1.29, 1.82) is 0 Å². The van der Waals surface area contributed by atoms with Gasteiger partial charge in [0.2, 0.25) is 0 Å². The van der Waals surface area contributed by atoms with E-state index in [1.165, 1.54) is 16.1 Å². The Bertz CT molecular complexity index is 537. The summed E-state index contributed by atoms with van der Waals surface area (Å²) in [6.45, 7) is 6.10. The van der Waals surface area contributed by atoms with E-state index in [0.717, 1.165) is 24.5 Å². The first-order valence-corrected chi connectivity index (χ1v) is 8.17. The number of hydrogen-bond acceptors (Lipinski definition) is 3. The van der Waals surface area contributed by atoms with Crippen LogP contribution in [-0.2, 0) is 13.0 Å². The second kappa shape index (κ2) is 7.11. The summed E-state index contributed by atoms with van der Waals surface area (Å²) in [4.78, 5) is 3.74. The molecule has 1 aromatic heterocycles. The lowest BCUT2D eigenvalue weighted by atomic mass is 10.0. The lowest BCUT2D eigenvalue weighted by Gasteiger charge is -2.26. The zero-order valence-electron chi connectivity index (χ0n) is 12.0. The van der Waals surface area contributed by atoms with E-state index in [1.54, 1.807) is 11.3 Å². The molecule has 1 atom stereocenters. The molecule has 2 nitrogen and oxygen atoms in total. The fourth-order valence-electron chi connectivity index (χ4n) is 2.33. The molecule has 4 heteroatoms. The Morgan fingerprint density at radius 1 is 1.35 bits per heavy atom. The van der Waals surface area contributed by atoms with Crippen molar-refractivity contribution < 1.29 is 0 Å². The Balaban J connectivity index is 2.28. The van der Waals surface area contributed by atoms with Crippen molar-refractivity contribution in [3.63, 3.8) is 0 Å². The molecule has 0 saturated carbocycles. The number of halogens is 1. The van der Waals surface area contributed by atoms with Crippen molar-refractivity contribution in [2.75, 3.05) is 11.4 Å². The number of rotatable bonds is 6. The fraction of sp³-hybridized carbons (Fsp3) is 0.375. The Morgan fingerprint density at radius 3 is 2.75 bits per heavy atom. The number of anilines is 1. The maximum atomic E-state index is 6.13. The minimum atomic E-state index is 0.132. The van der Waals surface area contributed by atoms with Crippen LogP contribution in [-0.4, -0.2) is 12.6 Å². The maximum absolute atomic E-state index is 6.13. The zero-order valence-corrected chi connectivity index (χ0v) is 13.5. The Morgan fingerprint density at radius 2 is 2.15 bits per heavy atom. The molecule has 1 aromatic carbocycles. The van der Waals surface area contributed by atoms with Gasteiger partial charge in [-0.1, -0.05) is 17.7 Å². The van der Waals surface area contributed by atoms with Crippen LogP contribution >= 0.6 is 22.9 Å². The van der Waals surface area contributed by atoms with Gasteiger partial charge < -0.3 is 10.6 Å². The molecule has 0 fully saturated rings. The second-order valence-corrected chi connectivity index (χ2v) is 6.52. The number of hydrogen-bond donors (Lipinski definition) is 1. The topological polar surface area (TPSA) is 29.3 Å². The van der Waals surface area contributed by atoms with Crippen molar-refractivity contribution in [2.24, 2.45) is 5.73 Å². The third kappa shape index (κ3) is 3.98. The summed E-state index contributed by atoms with van der Waals surface area (Å²) >= 11 is 7.93. The molecule has 20 heavy (non-hydrogen) atoms. The van der Waals surface area contributed by atoms with Gasteiger partial charge in [-0.2, -0.15) is 0 Å². The van der Waals surface area contributed by atoms with Crippen molar-refractivity contribution in [2.45, 2.75) is 32.9 Å². The maximum Gasteiger partial charge on any atom is 0.0522 e. The molecule has 2 rings (SSSR count). The third-order valence-corrected chi connectivity index (χ3v) is 4.33. The summed E-state index contributed by atoms with van der Waals surface area (Å²) in [6, 6.07) is 10.5. The zero-order chi connectivity index (χ0) is 14.5. The van der Waals surface area contributed by atoms with E-state index in [1.807, 2.05) is 19.1 Å². The number of nitrogens with two attached hydrogens (primary N) is 1. The number of benzene rings is 1. The highest BCUT2D eigenvalue weighted by atomic mass is 35.5. The quantitative estimate of drug-likeness (QED) is 0.861. The SMILES string of the molecule is CCN(Cc1cccs1)c1ccc(Cl)cc1CC(C)N. The second-order valence-electron chi connectivity index (χ2n) is 5.05. The summed E-state index contributed by atoms with van der Waals surface area (Å²) in [5, 5.41) is 2.89. The molecule has 1 unspecified atom stereocenters. The van der Waals surface area contributed by atoms with Gasteiger partial charge in [-0.05, 0) is 55.5 Å². The molecule has 0 aliphatic rings. The Labute approximate surface area is 130 Å². The highest BCUT2D eigenvalue weighted by Crippen LogP contribution is 2.27. The van der Waals surface area contributed by atoms with Gasteiger partial charge in [0.1, 0.15) is 0 Å². The van der Waals surface area contributed by atoms with Crippen LogP contribution in [0.25, 0.3) is 0 Å². The summed E-state index contributed by atoms with van der Waals surface area (Å²) in [6.07, 6.45) is 0.844. The predicted molar refractivity (Wildman–Crippen MR) is 89.8 cm³/mol. The number of nitrogens with zero attached hydrogens (tertiary/aromatic N) is 1. The van der Waals surface area contributed by atoms with E-state index < -0.39 is 0 Å². The van der Waals surface area contributed by atoms with Gasteiger partial charge in [-0.25, -0.2) is 0 Å². The molecule has 1 heterocycles. The fourth-order valence-corrected chi connectivity index (χ4v) is 3.25. The smallest absolute Gasteiger partial charge is 0.0522 e. The minimum Gasteiger partial charge on any atom is -0.366 e. The van der Waals surface area contributed by atoms with E-state index in [0.29, 0.717) is 0 Å². The first-order chi connectivity index (χ1) is 9.60. The first-order valence-electron chi connectivity index (χ1n) is 6.91. The molecule has 108 valence electrons. The standard InChI is InChI=1S/C16H21ClN2S/c1-3-19(11-15-5-4-8-20-15)16-7-6-14(17)10-13(16)9-12(2)18/h4-8,10,12H,3,9,11,18H2,1-2H3. The largest absolute Gasteiger partial charge is 0.366 e. The number of thiophene rings is 1. The van der Waals surface area contributed by atoms with Gasteiger partial charge in [0, 0.05) is 28.2 Å². The summed E-state index contributed by atoms with van der Waals surface area (Å²) in [5.74, 6) is 0. The van der Waals surface area contributed by atoms with E-state index in [2.05, 4.69) is 35.4 Å². The molecule has 0 aliphatic heterocycles. The van der Waals surface area contributed by atoms with E-state index in [-0.39, 0.29) is 6.04 Å². The van der Waals surface area contributed by atoms with Gasteiger partial charge in [0.15, 0.2) is 0 Å². The van der Waals surface area contributed by atoms with Crippen LogP contribution in [0.4, 0.5) is 5.69 Å². The average Bonchev–Trinajstić information content (AvgIpc) is 2.89. The molecular formula is C16H21ClN2S. The average molecular weight is 309 g/mol. The molecular weight excluding hydrogens is 288 g/mol. The first kappa shape index (κ1) is 15.4. The summed E-state index contributed by atoms with van der Waals surface area (Å²) < 4.78 is 0. The van der Waals surface area contributed by atoms with Gasteiger partial charge in [0.05, 0.1) is 6.54 Å². The Hall–Kier alpha value is -1.03. The Kier molecular flexibility index (Phi) is 5.46. The monoisotopic (exact) mass is 308 g/mol. The third-order valence-electron chi connectivity index (χ3n) is 3.23. The van der Waals surface area contributed by atoms with Crippen LogP contribution in [0.15, 0.2) is 35.7 Å². The molecule has 2 aromatic rings. The van der Waals surface area contributed by atoms with Gasteiger partial charge >= 0.3 is 0 Å². The van der Waals surface area contributed by atoms with Crippen LogP contribution in [0, 0.1) is 0 Å². The van der Waals surface area contributed by atoms with Crippen LogP contribution in [0.1, 0.15) is 24.3 Å². The molecule has 0 spiro atoms. The normalized spacial score (nSPS) is 12.4. The van der Waals surface area contributed by atoms with Crippen LogP contribution < -0.4 is 10.6 Å². The molecule has 0 saturated heterocycles.